The molecule has 0 radical (unpaired) electrons. The normalized spacial score (nSPS) is 10.3. The first-order valence-electron chi connectivity index (χ1n) is 6.44. The van der Waals surface area contributed by atoms with Crippen LogP contribution in [0.3, 0.4) is 0 Å². The van der Waals surface area contributed by atoms with Gasteiger partial charge in [-0.05, 0) is 25.3 Å². The minimum absolute atomic E-state index is 0.102. The number of carbonyl (C=O) groups excluding carboxylic acids is 2. The van der Waals surface area contributed by atoms with Crippen molar-refractivity contribution in [2.45, 2.75) is 13.8 Å². The van der Waals surface area contributed by atoms with E-state index in [1.165, 1.54) is 6.92 Å². The number of hydrogen-bond acceptors (Lipinski definition) is 4. The summed E-state index contributed by atoms with van der Waals surface area (Å²) in [5.41, 5.74) is 0.466. The number of esters is 1. The lowest BCUT2D eigenvalue weighted by Crippen LogP contribution is -2.15. The number of carbonyl (C=O) groups is 2. The third-order valence-electron chi connectivity index (χ3n) is 2.90. The monoisotopic (exact) mass is 272 g/mol. The molecule has 104 valence electrons. The molecule has 0 aliphatic rings. The highest BCUT2D eigenvalue weighted by molar-refractivity contribution is 6.03. The fourth-order valence-corrected chi connectivity index (χ4v) is 2.01. The van der Waals surface area contributed by atoms with E-state index in [-0.39, 0.29) is 12.4 Å². The Bertz CT molecular complexity index is 646. The zero-order chi connectivity index (χ0) is 14.5. The van der Waals surface area contributed by atoms with Gasteiger partial charge in [0, 0.05) is 5.39 Å². The lowest BCUT2D eigenvalue weighted by atomic mass is 10.0. The summed E-state index contributed by atoms with van der Waals surface area (Å²) in [5.74, 6) is -0.117. The van der Waals surface area contributed by atoms with Crippen LogP contribution in [0.1, 0.15) is 24.2 Å². The summed E-state index contributed by atoms with van der Waals surface area (Å²) in [7, 11) is 0. The fourth-order valence-electron chi connectivity index (χ4n) is 2.01. The molecule has 0 fully saturated rings. The molecule has 0 saturated heterocycles. The summed E-state index contributed by atoms with van der Waals surface area (Å²) in [5, 5.41) is 1.76. The maximum atomic E-state index is 11.7. The largest absolute Gasteiger partial charge is 0.480 e. The van der Waals surface area contributed by atoms with Gasteiger partial charge >= 0.3 is 5.97 Å². The number of rotatable bonds is 5. The predicted octanol–water partition coefficient (Wildman–Crippen LogP) is 2.98. The first kappa shape index (κ1) is 14.1. The van der Waals surface area contributed by atoms with E-state index in [0.717, 1.165) is 10.8 Å². The maximum absolute atomic E-state index is 11.7. The molecular formula is C16H16O4. The summed E-state index contributed by atoms with van der Waals surface area (Å²) >= 11 is 0. The van der Waals surface area contributed by atoms with Gasteiger partial charge < -0.3 is 9.47 Å². The molecule has 4 heteroatoms. The van der Waals surface area contributed by atoms with E-state index >= 15 is 0 Å². The third-order valence-corrected chi connectivity index (χ3v) is 2.90. The van der Waals surface area contributed by atoms with Crippen molar-refractivity contribution < 1.29 is 19.1 Å². The minimum atomic E-state index is -0.449. The van der Waals surface area contributed by atoms with Crippen LogP contribution in [-0.2, 0) is 9.53 Å². The molecule has 0 atom stereocenters. The van der Waals surface area contributed by atoms with Gasteiger partial charge in [0.25, 0.3) is 0 Å². The molecule has 0 heterocycles. The van der Waals surface area contributed by atoms with Crippen LogP contribution in [0.2, 0.25) is 0 Å². The Kier molecular flexibility index (Phi) is 4.35. The zero-order valence-corrected chi connectivity index (χ0v) is 11.5. The van der Waals surface area contributed by atoms with E-state index in [0.29, 0.717) is 17.9 Å². The van der Waals surface area contributed by atoms with Crippen LogP contribution >= 0.6 is 0 Å². The first-order valence-corrected chi connectivity index (χ1v) is 6.44. The Labute approximate surface area is 117 Å². The molecule has 2 aromatic carbocycles. The Morgan fingerprint density at radius 1 is 1.10 bits per heavy atom. The highest BCUT2D eigenvalue weighted by Crippen LogP contribution is 2.30. The van der Waals surface area contributed by atoms with Crippen molar-refractivity contribution in [3.63, 3.8) is 0 Å². The second-order valence-corrected chi connectivity index (χ2v) is 4.31. The molecule has 4 nitrogen and oxygen atoms in total. The molecular weight excluding hydrogens is 256 g/mol. The molecule has 2 aromatic rings. The summed E-state index contributed by atoms with van der Waals surface area (Å²) in [6.45, 7) is 3.30. The van der Waals surface area contributed by atoms with Gasteiger partial charge in [-0.2, -0.15) is 0 Å². The van der Waals surface area contributed by atoms with Gasteiger partial charge in [0.2, 0.25) is 0 Å². The van der Waals surface area contributed by atoms with E-state index < -0.39 is 5.97 Å². The minimum Gasteiger partial charge on any atom is -0.480 e. The topological polar surface area (TPSA) is 52.6 Å². The van der Waals surface area contributed by atoms with E-state index in [9.17, 15) is 9.59 Å². The quantitative estimate of drug-likeness (QED) is 0.620. The first-order chi connectivity index (χ1) is 9.63. The number of Topliss-reactive ketones (excluding diaryl/α,β-unsaturated/α-hetero) is 1. The van der Waals surface area contributed by atoms with Crippen molar-refractivity contribution in [3.05, 3.63) is 42.0 Å². The molecule has 0 aliphatic carbocycles. The molecule has 0 aliphatic heterocycles. The zero-order valence-electron chi connectivity index (χ0n) is 11.5. The molecule has 0 amide bonds. The molecule has 2 rings (SSSR count). The molecule has 0 bridgehead atoms. The van der Waals surface area contributed by atoms with E-state index in [4.69, 9.17) is 9.47 Å². The number of hydrogen-bond donors (Lipinski definition) is 0. The van der Waals surface area contributed by atoms with E-state index in [2.05, 4.69) is 0 Å². The molecule has 0 unspecified atom stereocenters. The van der Waals surface area contributed by atoms with Crippen molar-refractivity contribution in [2.75, 3.05) is 13.2 Å². The summed E-state index contributed by atoms with van der Waals surface area (Å²) < 4.78 is 10.4. The highest BCUT2D eigenvalue weighted by Gasteiger charge is 2.14. The van der Waals surface area contributed by atoms with E-state index in [1.54, 1.807) is 13.0 Å². The van der Waals surface area contributed by atoms with Crippen LogP contribution in [0.15, 0.2) is 36.4 Å². The standard InChI is InChI=1S/C16H16O4/c1-3-19-15(18)10-20-16-13(11(2)17)9-8-12-6-4-5-7-14(12)16/h4-9H,3,10H2,1-2H3. The third kappa shape index (κ3) is 2.96. The van der Waals surface area contributed by atoms with Crippen LogP contribution in [0.4, 0.5) is 0 Å². The van der Waals surface area contributed by atoms with Gasteiger partial charge in [0.1, 0.15) is 5.75 Å². The smallest absolute Gasteiger partial charge is 0.344 e. The second-order valence-electron chi connectivity index (χ2n) is 4.31. The van der Waals surface area contributed by atoms with Crippen molar-refractivity contribution in [2.24, 2.45) is 0 Å². The van der Waals surface area contributed by atoms with Crippen LogP contribution in [0, 0.1) is 0 Å². The predicted molar refractivity (Wildman–Crippen MR) is 76.1 cm³/mol. The van der Waals surface area contributed by atoms with Gasteiger partial charge in [-0.25, -0.2) is 4.79 Å². The molecule has 0 saturated carbocycles. The lowest BCUT2D eigenvalue weighted by Gasteiger charge is -2.12. The fraction of sp³-hybridized carbons (Fsp3) is 0.250. The van der Waals surface area contributed by atoms with Crippen LogP contribution in [-0.4, -0.2) is 25.0 Å². The molecule has 0 spiro atoms. The van der Waals surface area contributed by atoms with Gasteiger partial charge in [0.05, 0.1) is 12.2 Å². The average molecular weight is 272 g/mol. The summed E-state index contributed by atoms with van der Waals surface area (Å²) in [6.07, 6.45) is 0. The Morgan fingerprint density at radius 2 is 1.85 bits per heavy atom. The molecule has 0 aromatic heterocycles. The molecule has 20 heavy (non-hydrogen) atoms. The van der Waals surface area contributed by atoms with Crippen molar-refractivity contribution in [3.8, 4) is 5.75 Å². The summed E-state index contributed by atoms with van der Waals surface area (Å²) in [4.78, 5) is 23.1. The number of ketones is 1. The Balaban J connectivity index is 2.39. The number of benzene rings is 2. The lowest BCUT2D eigenvalue weighted by molar-refractivity contribution is -0.145. The van der Waals surface area contributed by atoms with Crippen LogP contribution < -0.4 is 4.74 Å². The second kappa shape index (κ2) is 6.19. The summed E-state index contributed by atoms with van der Waals surface area (Å²) in [6, 6.07) is 11.1. The van der Waals surface area contributed by atoms with Crippen LogP contribution in [0.25, 0.3) is 10.8 Å². The maximum Gasteiger partial charge on any atom is 0.344 e. The van der Waals surface area contributed by atoms with Crippen molar-refractivity contribution >= 4 is 22.5 Å². The molecule has 0 N–H and O–H groups in total. The SMILES string of the molecule is CCOC(=O)COc1c(C(C)=O)ccc2ccccc12. The number of fused-ring (bicyclic) bond motifs is 1. The highest BCUT2D eigenvalue weighted by atomic mass is 16.6. The number of ether oxygens (including phenoxy) is 2. The van der Waals surface area contributed by atoms with Crippen molar-refractivity contribution in [1.29, 1.82) is 0 Å². The van der Waals surface area contributed by atoms with E-state index in [1.807, 2.05) is 30.3 Å². The van der Waals surface area contributed by atoms with Crippen molar-refractivity contribution in [1.82, 2.24) is 0 Å². The van der Waals surface area contributed by atoms with Gasteiger partial charge in [0.15, 0.2) is 12.4 Å². The van der Waals surface area contributed by atoms with Crippen LogP contribution in [0.5, 0.6) is 5.75 Å². The Morgan fingerprint density at radius 3 is 2.55 bits per heavy atom. The average Bonchev–Trinajstić information content (AvgIpc) is 2.44. The Hall–Kier alpha value is -2.36. The van der Waals surface area contributed by atoms with Gasteiger partial charge in [-0.15, -0.1) is 0 Å². The van der Waals surface area contributed by atoms with Gasteiger partial charge in [-0.1, -0.05) is 30.3 Å². The van der Waals surface area contributed by atoms with Gasteiger partial charge in [-0.3, -0.25) is 4.79 Å².